The molecule has 0 saturated carbocycles. The summed E-state index contributed by atoms with van der Waals surface area (Å²) in [5.41, 5.74) is 0. The summed E-state index contributed by atoms with van der Waals surface area (Å²) in [6.45, 7) is 1.27. The van der Waals surface area contributed by atoms with Crippen LogP contribution in [-0.2, 0) is 16.1 Å². The fraction of sp³-hybridized carbons (Fsp3) is 0.600. The molecule has 0 amide bonds. The monoisotopic (exact) mass is 227 g/mol. The molecule has 1 atom stereocenters. The van der Waals surface area contributed by atoms with Crippen molar-refractivity contribution in [3.8, 4) is 0 Å². The van der Waals surface area contributed by atoms with Gasteiger partial charge in [0.25, 0.3) is 0 Å². The molecule has 15 heavy (non-hydrogen) atoms. The molecule has 0 N–H and O–H groups in total. The van der Waals surface area contributed by atoms with E-state index in [0.29, 0.717) is 11.6 Å². The smallest absolute Gasteiger partial charge is 0.178 e. The number of carbonyl (C=O) groups is 1. The zero-order chi connectivity index (χ0) is 10.5. The maximum atomic E-state index is 10.4. The van der Waals surface area contributed by atoms with Crippen LogP contribution in [0, 0.1) is 0 Å². The van der Waals surface area contributed by atoms with E-state index in [1.807, 2.05) is 0 Å². The molecule has 4 nitrogen and oxygen atoms in total. The van der Waals surface area contributed by atoms with E-state index < -0.39 is 0 Å². The lowest BCUT2D eigenvalue weighted by Gasteiger charge is -2.22. The van der Waals surface area contributed by atoms with E-state index in [0.717, 1.165) is 37.0 Å². The zero-order valence-electron chi connectivity index (χ0n) is 8.35. The Morgan fingerprint density at radius 1 is 1.67 bits per heavy atom. The summed E-state index contributed by atoms with van der Waals surface area (Å²) in [7, 11) is 0. The molecule has 0 aromatic carbocycles. The van der Waals surface area contributed by atoms with Crippen molar-refractivity contribution in [3.63, 3.8) is 0 Å². The van der Waals surface area contributed by atoms with E-state index in [1.165, 1.54) is 11.3 Å². The zero-order valence-corrected chi connectivity index (χ0v) is 9.16. The summed E-state index contributed by atoms with van der Waals surface area (Å²) in [5, 5.41) is 0.498. The molecular weight excluding hydrogens is 214 g/mol. The van der Waals surface area contributed by atoms with E-state index in [2.05, 4.69) is 4.98 Å². The number of ether oxygens (including phenoxy) is 2. The van der Waals surface area contributed by atoms with Gasteiger partial charge in [-0.2, -0.15) is 0 Å². The van der Waals surface area contributed by atoms with Gasteiger partial charge in [0.05, 0.1) is 11.5 Å². The SMILES string of the molecule is O=Cc1ncc(COC2CCCCO2)s1. The lowest BCUT2D eigenvalue weighted by Crippen LogP contribution is -2.21. The van der Waals surface area contributed by atoms with Crippen molar-refractivity contribution in [1.82, 2.24) is 4.98 Å². The van der Waals surface area contributed by atoms with E-state index >= 15 is 0 Å². The van der Waals surface area contributed by atoms with Gasteiger partial charge < -0.3 is 9.47 Å². The van der Waals surface area contributed by atoms with Crippen LogP contribution in [0.25, 0.3) is 0 Å². The average Bonchev–Trinajstić information content (AvgIpc) is 2.76. The Labute approximate surface area is 92.2 Å². The molecule has 0 spiro atoms. The van der Waals surface area contributed by atoms with Gasteiger partial charge in [-0.15, -0.1) is 11.3 Å². The highest BCUT2D eigenvalue weighted by Crippen LogP contribution is 2.18. The van der Waals surface area contributed by atoms with Crippen LogP contribution in [0.3, 0.4) is 0 Å². The molecule has 82 valence electrons. The van der Waals surface area contributed by atoms with Gasteiger partial charge >= 0.3 is 0 Å². The van der Waals surface area contributed by atoms with Crippen molar-refractivity contribution in [2.24, 2.45) is 0 Å². The van der Waals surface area contributed by atoms with Crippen LogP contribution in [0.15, 0.2) is 6.20 Å². The number of hydrogen-bond acceptors (Lipinski definition) is 5. The predicted molar refractivity (Wildman–Crippen MR) is 55.9 cm³/mol. The van der Waals surface area contributed by atoms with E-state index in [-0.39, 0.29) is 6.29 Å². The maximum Gasteiger partial charge on any atom is 0.178 e. The van der Waals surface area contributed by atoms with Crippen LogP contribution in [0.4, 0.5) is 0 Å². The maximum absolute atomic E-state index is 10.4. The Morgan fingerprint density at radius 2 is 2.60 bits per heavy atom. The highest BCUT2D eigenvalue weighted by Gasteiger charge is 2.14. The third kappa shape index (κ3) is 3.09. The van der Waals surface area contributed by atoms with Crippen molar-refractivity contribution in [1.29, 1.82) is 0 Å². The number of aldehydes is 1. The van der Waals surface area contributed by atoms with Crippen LogP contribution < -0.4 is 0 Å². The molecule has 1 saturated heterocycles. The molecule has 5 heteroatoms. The number of rotatable bonds is 4. The van der Waals surface area contributed by atoms with Crippen molar-refractivity contribution in [3.05, 3.63) is 16.1 Å². The Balaban J connectivity index is 1.79. The quantitative estimate of drug-likeness (QED) is 0.738. The van der Waals surface area contributed by atoms with Gasteiger partial charge in [0.1, 0.15) is 0 Å². The minimum absolute atomic E-state index is 0.0828. The molecule has 0 bridgehead atoms. The first-order valence-corrected chi connectivity index (χ1v) is 5.83. The van der Waals surface area contributed by atoms with Crippen LogP contribution in [0.5, 0.6) is 0 Å². The Hall–Kier alpha value is -0.780. The standard InChI is InChI=1S/C10H13NO3S/c12-6-9-11-5-8(15-9)7-14-10-3-1-2-4-13-10/h5-6,10H,1-4,7H2. The molecule has 1 aliphatic heterocycles. The fourth-order valence-electron chi connectivity index (χ4n) is 1.46. The van der Waals surface area contributed by atoms with Crippen LogP contribution in [0.1, 0.15) is 33.9 Å². The summed E-state index contributed by atoms with van der Waals surface area (Å²) >= 11 is 1.36. The number of aromatic nitrogens is 1. The molecule has 2 heterocycles. The van der Waals surface area contributed by atoms with Gasteiger partial charge in [-0.05, 0) is 19.3 Å². The van der Waals surface area contributed by atoms with Crippen molar-refractivity contribution < 1.29 is 14.3 Å². The predicted octanol–water partition coefficient (Wildman–Crippen LogP) is 2.00. The molecule has 0 radical (unpaired) electrons. The molecule has 1 unspecified atom stereocenters. The van der Waals surface area contributed by atoms with Gasteiger partial charge in [0.15, 0.2) is 17.6 Å². The number of carbonyl (C=O) groups excluding carboxylic acids is 1. The summed E-state index contributed by atoms with van der Waals surface area (Å²) in [5.74, 6) is 0. The largest absolute Gasteiger partial charge is 0.353 e. The summed E-state index contributed by atoms with van der Waals surface area (Å²) < 4.78 is 11.0. The number of nitrogens with zero attached hydrogens (tertiary/aromatic N) is 1. The van der Waals surface area contributed by atoms with Crippen LogP contribution in [-0.4, -0.2) is 24.2 Å². The van der Waals surface area contributed by atoms with Gasteiger partial charge in [-0.3, -0.25) is 4.79 Å². The summed E-state index contributed by atoms with van der Waals surface area (Å²) in [6, 6.07) is 0. The third-order valence-electron chi connectivity index (χ3n) is 2.22. The van der Waals surface area contributed by atoms with E-state index in [4.69, 9.17) is 9.47 Å². The second kappa shape index (κ2) is 5.34. The molecule has 2 rings (SSSR count). The second-order valence-electron chi connectivity index (χ2n) is 3.39. The molecular formula is C10H13NO3S. The number of thiazole rings is 1. The van der Waals surface area contributed by atoms with E-state index in [1.54, 1.807) is 6.20 Å². The molecule has 0 aliphatic carbocycles. The van der Waals surface area contributed by atoms with Gasteiger partial charge in [0.2, 0.25) is 0 Å². The number of hydrogen-bond donors (Lipinski definition) is 0. The molecule has 1 aliphatic rings. The van der Waals surface area contributed by atoms with Gasteiger partial charge in [0, 0.05) is 12.8 Å². The highest BCUT2D eigenvalue weighted by atomic mass is 32.1. The second-order valence-corrected chi connectivity index (χ2v) is 4.54. The van der Waals surface area contributed by atoms with Crippen LogP contribution >= 0.6 is 11.3 Å². The minimum Gasteiger partial charge on any atom is -0.353 e. The highest BCUT2D eigenvalue weighted by molar-refractivity contribution is 7.13. The van der Waals surface area contributed by atoms with Gasteiger partial charge in [-0.1, -0.05) is 0 Å². The Morgan fingerprint density at radius 3 is 3.27 bits per heavy atom. The summed E-state index contributed by atoms with van der Waals surface area (Å²) in [4.78, 5) is 15.3. The molecule has 1 fully saturated rings. The minimum atomic E-state index is -0.0828. The van der Waals surface area contributed by atoms with Crippen molar-refractivity contribution >= 4 is 17.6 Å². The Kier molecular flexibility index (Phi) is 3.82. The first kappa shape index (κ1) is 10.7. The first-order valence-electron chi connectivity index (χ1n) is 5.01. The third-order valence-corrected chi connectivity index (χ3v) is 3.12. The molecule has 1 aromatic heterocycles. The van der Waals surface area contributed by atoms with Crippen LogP contribution in [0.2, 0.25) is 0 Å². The van der Waals surface area contributed by atoms with Crippen molar-refractivity contribution in [2.45, 2.75) is 32.2 Å². The van der Waals surface area contributed by atoms with Crippen molar-refractivity contribution in [2.75, 3.05) is 6.61 Å². The normalized spacial score (nSPS) is 21.5. The lowest BCUT2D eigenvalue weighted by atomic mass is 10.2. The van der Waals surface area contributed by atoms with E-state index in [9.17, 15) is 4.79 Å². The lowest BCUT2D eigenvalue weighted by molar-refractivity contribution is -0.168. The molecule has 1 aromatic rings. The Bertz CT molecular complexity index is 320. The fourth-order valence-corrected chi connectivity index (χ4v) is 2.12. The average molecular weight is 227 g/mol. The summed E-state index contributed by atoms with van der Waals surface area (Å²) in [6.07, 6.45) is 5.59. The first-order chi connectivity index (χ1) is 7.38. The van der Waals surface area contributed by atoms with Gasteiger partial charge in [-0.25, -0.2) is 4.98 Å². The topological polar surface area (TPSA) is 48.4 Å².